The van der Waals surface area contributed by atoms with E-state index in [1.807, 2.05) is 13.8 Å². The van der Waals surface area contributed by atoms with Crippen LogP contribution in [0.5, 0.6) is 0 Å². The largest absolute Gasteiger partial charge is 0.465 e. The highest BCUT2D eigenvalue weighted by atomic mass is 32.2. The van der Waals surface area contributed by atoms with E-state index >= 15 is 0 Å². The Balaban J connectivity index is 3.34. The Morgan fingerprint density at radius 1 is 1.21 bits per heavy atom. The van der Waals surface area contributed by atoms with Crippen molar-refractivity contribution in [3.05, 3.63) is 17.1 Å². The zero-order valence-corrected chi connectivity index (χ0v) is 13.2. The molecule has 0 aliphatic carbocycles. The first-order valence-electron chi connectivity index (χ1n) is 6.63. The lowest BCUT2D eigenvalue weighted by Crippen LogP contribution is -2.32. The van der Waals surface area contributed by atoms with Gasteiger partial charge in [-0.15, -0.1) is 0 Å². The zero-order valence-electron chi connectivity index (χ0n) is 12.4. The molecule has 0 bridgehead atoms. The minimum atomic E-state index is -3.48. The van der Waals surface area contributed by atoms with Gasteiger partial charge in [0.1, 0.15) is 16.4 Å². The maximum atomic E-state index is 12.7. The molecule has 0 saturated carbocycles. The van der Waals surface area contributed by atoms with Crippen molar-refractivity contribution in [2.45, 2.75) is 45.6 Å². The molecule has 0 unspecified atom stereocenters. The first-order chi connectivity index (χ1) is 8.89. The molecule has 1 aromatic heterocycles. The lowest BCUT2D eigenvalue weighted by Gasteiger charge is -2.20. The molecular weight excluding hydrogens is 264 g/mol. The summed E-state index contributed by atoms with van der Waals surface area (Å²) < 4.78 is 32.5. The maximum Gasteiger partial charge on any atom is 0.246 e. The molecule has 0 aliphatic heterocycles. The molecule has 0 amide bonds. The topological polar surface area (TPSA) is 62.6 Å². The van der Waals surface area contributed by atoms with Crippen molar-refractivity contribution < 1.29 is 12.8 Å². The van der Waals surface area contributed by atoms with Crippen molar-refractivity contribution >= 4 is 10.0 Å². The van der Waals surface area contributed by atoms with E-state index in [0.717, 1.165) is 12.0 Å². The van der Waals surface area contributed by atoms with E-state index in [-0.39, 0.29) is 0 Å². The van der Waals surface area contributed by atoms with Gasteiger partial charge in [0.05, 0.1) is 0 Å². The fraction of sp³-hybridized carbons (Fsp3) is 0.692. The summed E-state index contributed by atoms with van der Waals surface area (Å²) >= 11 is 0. The number of nitrogens with zero attached hydrogens (tertiary/aromatic N) is 1. The predicted molar refractivity (Wildman–Crippen MR) is 75.7 cm³/mol. The second-order valence-electron chi connectivity index (χ2n) is 4.55. The molecule has 5 nitrogen and oxygen atoms in total. The molecule has 0 spiro atoms. The molecule has 0 radical (unpaired) electrons. The van der Waals surface area contributed by atoms with Crippen molar-refractivity contribution in [3.8, 4) is 0 Å². The number of rotatable bonds is 7. The van der Waals surface area contributed by atoms with Gasteiger partial charge in [-0.3, -0.25) is 0 Å². The van der Waals surface area contributed by atoms with Crippen LogP contribution in [0.3, 0.4) is 0 Å². The van der Waals surface area contributed by atoms with Crippen LogP contribution in [0.1, 0.15) is 37.4 Å². The fourth-order valence-corrected chi connectivity index (χ4v) is 4.21. The van der Waals surface area contributed by atoms with Crippen LogP contribution < -0.4 is 5.32 Å². The molecule has 19 heavy (non-hydrogen) atoms. The molecular formula is C13H24N2O3S. The van der Waals surface area contributed by atoms with Gasteiger partial charge < -0.3 is 9.73 Å². The van der Waals surface area contributed by atoms with Crippen molar-refractivity contribution in [2.75, 3.05) is 20.1 Å². The standard InChI is InChI=1S/C13H24N2O3S/c1-6-8-15(7-2)19(16,17)13-11(4)18-10(3)12(13)9-14-5/h14H,6-9H2,1-5H3. The number of sulfonamides is 1. The average Bonchev–Trinajstić information content (AvgIpc) is 2.62. The molecule has 0 saturated heterocycles. The number of furan rings is 1. The molecule has 1 N–H and O–H groups in total. The summed E-state index contributed by atoms with van der Waals surface area (Å²) in [6, 6.07) is 0. The molecule has 0 aliphatic rings. The lowest BCUT2D eigenvalue weighted by molar-refractivity contribution is 0.424. The quantitative estimate of drug-likeness (QED) is 0.834. The predicted octanol–water partition coefficient (Wildman–Crippen LogP) is 2.04. The summed E-state index contributed by atoms with van der Waals surface area (Å²) in [5.74, 6) is 1.13. The van der Waals surface area contributed by atoms with Crippen LogP contribution in [0.2, 0.25) is 0 Å². The van der Waals surface area contributed by atoms with Crippen LogP contribution in [0.4, 0.5) is 0 Å². The van der Waals surface area contributed by atoms with Gasteiger partial charge in [-0.1, -0.05) is 13.8 Å². The van der Waals surface area contributed by atoms with Gasteiger partial charge in [0.15, 0.2) is 0 Å². The highest BCUT2D eigenvalue weighted by Crippen LogP contribution is 2.29. The molecule has 1 heterocycles. The summed E-state index contributed by atoms with van der Waals surface area (Å²) in [7, 11) is -1.68. The van der Waals surface area contributed by atoms with Crippen LogP contribution in [0.25, 0.3) is 0 Å². The Morgan fingerprint density at radius 2 is 1.84 bits per heavy atom. The molecule has 1 aromatic rings. The highest BCUT2D eigenvalue weighted by molar-refractivity contribution is 7.89. The van der Waals surface area contributed by atoms with E-state index in [9.17, 15) is 8.42 Å². The van der Waals surface area contributed by atoms with Crippen molar-refractivity contribution in [1.82, 2.24) is 9.62 Å². The normalized spacial score (nSPS) is 12.3. The number of hydrogen-bond acceptors (Lipinski definition) is 4. The van der Waals surface area contributed by atoms with E-state index in [2.05, 4.69) is 5.32 Å². The maximum absolute atomic E-state index is 12.7. The van der Waals surface area contributed by atoms with Crippen molar-refractivity contribution in [2.24, 2.45) is 0 Å². The third-order valence-corrected chi connectivity index (χ3v) is 5.27. The first-order valence-corrected chi connectivity index (χ1v) is 8.07. The van der Waals surface area contributed by atoms with E-state index in [4.69, 9.17) is 4.42 Å². The van der Waals surface area contributed by atoms with Crippen LogP contribution in [0, 0.1) is 13.8 Å². The van der Waals surface area contributed by atoms with E-state index < -0.39 is 10.0 Å². The zero-order chi connectivity index (χ0) is 14.6. The molecule has 1 rings (SSSR count). The third kappa shape index (κ3) is 3.19. The van der Waals surface area contributed by atoms with Crippen LogP contribution >= 0.6 is 0 Å². The Kier molecular flexibility index (Phi) is 5.58. The summed E-state index contributed by atoms with van der Waals surface area (Å²) in [6.07, 6.45) is 0.796. The van der Waals surface area contributed by atoms with Gasteiger partial charge in [-0.25, -0.2) is 8.42 Å². The summed E-state index contributed by atoms with van der Waals surface area (Å²) in [4.78, 5) is 0.328. The summed E-state index contributed by atoms with van der Waals surface area (Å²) in [5, 5.41) is 3.00. The summed E-state index contributed by atoms with van der Waals surface area (Å²) in [6.45, 7) is 8.82. The SMILES string of the molecule is CCCN(CC)S(=O)(=O)c1c(C)oc(C)c1CNC. The van der Waals surface area contributed by atoms with Gasteiger partial charge in [0, 0.05) is 25.2 Å². The molecule has 0 aromatic carbocycles. The smallest absolute Gasteiger partial charge is 0.246 e. The molecule has 6 heteroatoms. The van der Waals surface area contributed by atoms with Gasteiger partial charge >= 0.3 is 0 Å². The van der Waals surface area contributed by atoms with Crippen molar-refractivity contribution in [3.63, 3.8) is 0 Å². The Hall–Kier alpha value is -0.850. The number of hydrogen-bond donors (Lipinski definition) is 1. The van der Waals surface area contributed by atoms with Gasteiger partial charge in [-0.05, 0) is 27.3 Å². The second kappa shape index (κ2) is 6.54. The van der Waals surface area contributed by atoms with Crippen molar-refractivity contribution in [1.29, 1.82) is 0 Å². The minimum Gasteiger partial charge on any atom is -0.465 e. The molecule has 0 atom stereocenters. The minimum absolute atomic E-state index is 0.328. The number of nitrogens with one attached hydrogen (secondary N) is 1. The average molecular weight is 288 g/mol. The highest BCUT2D eigenvalue weighted by Gasteiger charge is 2.30. The van der Waals surface area contributed by atoms with Crippen LogP contribution in [-0.2, 0) is 16.6 Å². The Bertz CT molecular complexity index is 520. The van der Waals surface area contributed by atoms with E-state index in [1.165, 1.54) is 4.31 Å². The Labute approximate surface area is 116 Å². The number of aryl methyl sites for hydroxylation is 2. The lowest BCUT2D eigenvalue weighted by atomic mass is 10.2. The van der Waals surface area contributed by atoms with Gasteiger partial charge in [0.25, 0.3) is 0 Å². The first kappa shape index (κ1) is 16.2. The van der Waals surface area contributed by atoms with Gasteiger partial charge in [-0.2, -0.15) is 4.31 Å². The second-order valence-corrected chi connectivity index (χ2v) is 6.42. The molecule has 110 valence electrons. The fourth-order valence-electron chi connectivity index (χ4n) is 2.26. The summed E-state index contributed by atoms with van der Waals surface area (Å²) in [5.41, 5.74) is 0.731. The van der Waals surface area contributed by atoms with E-state index in [1.54, 1.807) is 20.9 Å². The monoisotopic (exact) mass is 288 g/mol. The van der Waals surface area contributed by atoms with E-state index in [0.29, 0.717) is 36.1 Å². The van der Waals surface area contributed by atoms with Crippen LogP contribution in [0.15, 0.2) is 9.31 Å². The Morgan fingerprint density at radius 3 is 2.32 bits per heavy atom. The third-order valence-electron chi connectivity index (χ3n) is 3.10. The van der Waals surface area contributed by atoms with Crippen LogP contribution in [-0.4, -0.2) is 32.9 Å². The van der Waals surface area contributed by atoms with Gasteiger partial charge in [0.2, 0.25) is 10.0 Å². The molecule has 0 fully saturated rings.